The normalized spacial score (nSPS) is 16.4. The van der Waals surface area contributed by atoms with Crippen molar-refractivity contribution in [1.29, 1.82) is 0 Å². The molecule has 4 rings (SSSR count). The van der Waals surface area contributed by atoms with Crippen molar-refractivity contribution in [2.24, 2.45) is 4.99 Å². The fourth-order valence-corrected chi connectivity index (χ4v) is 2.79. The SMILES string of the molecule is BrC1=Cc2cnc(Nc3ncco3)nc2N2CCN=C12. The third-order valence-corrected chi connectivity index (χ3v) is 3.62. The van der Waals surface area contributed by atoms with Crippen LogP contribution in [0.3, 0.4) is 0 Å². The minimum Gasteiger partial charge on any atom is -0.432 e. The Morgan fingerprint density at radius 2 is 2.30 bits per heavy atom. The van der Waals surface area contributed by atoms with Crippen LogP contribution in [0.15, 0.2) is 32.5 Å². The lowest BCUT2D eigenvalue weighted by atomic mass is 10.2. The first-order valence-corrected chi connectivity index (χ1v) is 6.84. The van der Waals surface area contributed by atoms with Crippen molar-refractivity contribution in [3.05, 3.63) is 28.7 Å². The van der Waals surface area contributed by atoms with Crippen LogP contribution >= 0.6 is 15.9 Å². The highest BCUT2D eigenvalue weighted by molar-refractivity contribution is 9.12. The third kappa shape index (κ3) is 1.80. The molecule has 0 spiro atoms. The highest BCUT2D eigenvalue weighted by Crippen LogP contribution is 2.33. The fourth-order valence-electron chi connectivity index (χ4n) is 2.20. The summed E-state index contributed by atoms with van der Waals surface area (Å²) in [6, 6.07) is 0.368. The van der Waals surface area contributed by atoms with Crippen molar-refractivity contribution in [3.8, 4) is 0 Å². The summed E-state index contributed by atoms with van der Waals surface area (Å²) in [4.78, 5) is 19.3. The van der Waals surface area contributed by atoms with Gasteiger partial charge in [0, 0.05) is 18.3 Å². The Hall–Kier alpha value is -2.22. The third-order valence-electron chi connectivity index (χ3n) is 3.04. The van der Waals surface area contributed by atoms with Crippen molar-refractivity contribution in [3.63, 3.8) is 0 Å². The number of halogens is 1. The Labute approximate surface area is 122 Å². The molecule has 7 nitrogen and oxygen atoms in total. The van der Waals surface area contributed by atoms with E-state index in [-0.39, 0.29) is 0 Å². The first-order valence-electron chi connectivity index (χ1n) is 6.04. The van der Waals surface area contributed by atoms with Gasteiger partial charge in [0.1, 0.15) is 17.9 Å². The van der Waals surface area contributed by atoms with Gasteiger partial charge < -0.3 is 9.32 Å². The van der Waals surface area contributed by atoms with E-state index in [0.717, 1.165) is 34.8 Å². The Balaban J connectivity index is 1.74. The van der Waals surface area contributed by atoms with Crippen LogP contribution < -0.4 is 10.2 Å². The Bertz CT molecular complexity index is 724. The van der Waals surface area contributed by atoms with Crippen LogP contribution in [0.25, 0.3) is 6.08 Å². The van der Waals surface area contributed by atoms with Crippen LogP contribution in [0, 0.1) is 0 Å². The highest BCUT2D eigenvalue weighted by Gasteiger charge is 2.28. The second kappa shape index (κ2) is 4.41. The van der Waals surface area contributed by atoms with Crippen LogP contribution in [-0.4, -0.2) is 33.9 Å². The molecular weight excluding hydrogens is 324 g/mol. The number of oxazole rings is 1. The van der Waals surface area contributed by atoms with Gasteiger partial charge in [0.05, 0.1) is 17.2 Å². The van der Waals surface area contributed by atoms with Crippen LogP contribution in [0.2, 0.25) is 0 Å². The molecule has 4 heterocycles. The van der Waals surface area contributed by atoms with E-state index >= 15 is 0 Å². The van der Waals surface area contributed by atoms with E-state index in [0.29, 0.717) is 12.0 Å². The molecular formula is C12H9BrN6O. The van der Waals surface area contributed by atoms with Gasteiger partial charge in [0.15, 0.2) is 0 Å². The summed E-state index contributed by atoms with van der Waals surface area (Å²) in [7, 11) is 0. The molecule has 2 aromatic rings. The Kier molecular flexibility index (Phi) is 2.56. The lowest BCUT2D eigenvalue weighted by Crippen LogP contribution is -2.31. The van der Waals surface area contributed by atoms with E-state index in [2.05, 4.69) is 46.1 Å². The topological polar surface area (TPSA) is 79.4 Å². The predicted octanol–water partition coefficient (Wildman–Crippen LogP) is 2.18. The van der Waals surface area contributed by atoms with Crippen LogP contribution in [0.4, 0.5) is 17.8 Å². The molecule has 2 aromatic heterocycles. The molecule has 0 saturated heterocycles. The van der Waals surface area contributed by atoms with E-state index in [9.17, 15) is 0 Å². The summed E-state index contributed by atoms with van der Waals surface area (Å²) in [5.74, 6) is 2.20. The van der Waals surface area contributed by atoms with Gasteiger partial charge in [0.25, 0.3) is 0 Å². The first kappa shape index (κ1) is 11.6. The lowest BCUT2D eigenvalue weighted by molar-refractivity contribution is 0.577. The largest absolute Gasteiger partial charge is 0.432 e. The van der Waals surface area contributed by atoms with E-state index in [1.165, 1.54) is 6.26 Å². The lowest BCUT2D eigenvalue weighted by Gasteiger charge is -2.25. The molecule has 20 heavy (non-hydrogen) atoms. The molecule has 0 fully saturated rings. The molecule has 0 unspecified atom stereocenters. The number of amidine groups is 1. The van der Waals surface area contributed by atoms with Gasteiger partial charge >= 0.3 is 6.01 Å². The van der Waals surface area contributed by atoms with E-state index in [1.54, 1.807) is 12.4 Å². The number of rotatable bonds is 2. The molecule has 0 saturated carbocycles. The number of hydrogen-bond acceptors (Lipinski definition) is 7. The monoisotopic (exact) mass is 332 g/mol. The zero-order valence-electron chi connectivity index (χ0n) is 10.2. The number of aromatic nitrogens is 3. The van der Waals surface area contributed by atoms with Gasteiger partial charge in [-0.3, -0.25) is 10.3 Å². The first-order chi connectivity index (χ1) is 9.81. The summed E-state index contributed by atoms with van der Waals surface area (Å²) >= 11 is 3.52. The number of nitrogens with one attached hydrogen (secondary N) is 1. The van der Waals surface area contributed by atoms with Gasteiger partial charge in [-0.1, -0.05) is 0 Å². The van der Waals surface area contributed by atoms with Gasteiger partial charge in [0.2, 0.25) is 5.95 Å². The molecule has 1 N–H and O–H groups in total. The minimum atomic E-state index is 0.368. The molecule has 0 radical (unpaired) electrons. The van der Waals surface area contributed by atoms with Crippen LogP contribution in [0.1, 0.15) is 5.56 Å². The molecule has 100 valence electrons. The number of hydrogen-bond donors (Lipinski definition) is 1. The number of nitrogens with zero attached hydrogens (tertiary/aromatic N) is 5. The summed E-state index contributed by atoms with van der Waals surface area (Å²) in [5.41, 5.74) is 0.954. The second-order valence-electron chi connectivity index (χ2n) is 4.28. The molecule has 0 atom stereocenters. The molecule has 0 aromatic carbocycles. The highest BCUT2D eigenvalue weighted by atomic mass is 79.9. The number of aliphatic imine (C=N–C) groups is 1. The fraction of sp³-hybridized carbons (Fsp3) is 0.167. The van der Waals surface area contributed by atoms with E-state index in [4.69, 9.17) is 4.42 Å². The van der Waals surface area contributed by atoms with Crippen molar-refractivity contribution < 1.29 is 4.42 Å². The van der Waals surface area contributed by atoms with E-state index < -0.39 is 0 Å². The zero-order valence-corrected chi connectivity index (χ0v) is 11.8. The molecule has 0 amide bonds. The van der Waals surface area contributed by atoms with Crippen LogP contribution in [0.5, 0.6) is 0 Å². The maximum absolute atomic E-state index is 5.13. The standard InChI is InChI=1S/C12H9BrN6O/c13-8-5-7-6-16-11(18-12-15-2-4-20-12)17-9(7)19-3-1-14-10(8)19/h2,4-6H,1,3H2,(H,15,16,17,18). The number of fused-ring (bicyclic) bond motifs is 3. The predicted molar refractivity (Wildman–Crippen MR) is 78.4 cm³/mol. The molecule has 2 aliphatic heterocycles. The van der Waals surface area contributed by atoms with E-state index in [1.807, 2.05) is 6.08 Å². The van der Waals surface area contributed by atoms with Crippen molar-refractivity contribution in [2.45, 2.75) is 0 Å². The minimum absolute atomic E-state index is 0.368. The summed E-state index contributed by atoms with van der Waals surface area (Å²) in [6.07, 6.45) is 6.80. The van der Waals surface area contributed by atoms with Crippen molar-refractivity contribution in [1.82, 2.24) is 15.0 Å². The average molecular weight is 333 g/mol. The van der Waals surface area contributed by atoms with Gasteiger partial charge in [-0.15, -0.1) is 0 Å². The van der Waals surface area contributed by atoms with Crippen LogP contribution in [-0.2, 0) is 0 Å². The summed E-state index contributed by atoms with van der Waals surface area (Å²) in [6.45, 7) is 1.59. The Morgan fingerprint density at radius 3 is 3.15 bits per heavy atom. The molecule has 0 bridgehead atoms. The van der Waals surface area contributed by atoms with Crippen molar-refractivity contribution >= 4 is 45.6 Å². The van der Waals surface area contributed by atoms with Gasteiger partial charge in [-0.05, 0) is 22.0 Å². The smallest absolute Gasteiger partial charge is 0.301 e. The van der Waals surface area contributed by atoms with Crippen molar-refractivity contribution in [2.75, 3.05) is 23.3 Å². The maximum Gasteiger partial charge on any atom is 0.301 e. The molecule has 0 aliphatic carbocycles. The average Bonchev–Trinajstić information content (AvgIpc) is 3.10. The zero-order chi connectivity index (χ0) is 13.5. The van der Waals surface area contributed by atoms with Gasteiger partial charge in [-0.25, -0.2) is 9.97 Å². The summed E-state index contributed by atoms with van der Waals surface area (Å²) < 4.78 is 6.08. The maximum atomic E-state index is 5.13. The molecule has 8 heteroatoms. The Morgan fingerprint density at radius 1 is 1.35 bits per heavy atom. The summed E-state index contributed by atoms with van der Waals surface area (Å²) in [5, 5.41) is 2.93. The number of anilines is 3. The van der Waals surface area contributed by atoms with Gasteiger partial charge in [-0.2, -0.15) is 4.98 Å². The second-order valence-corrected chi connectivity index (χ2v) is 5.14. The molecule has 2 aliphatic rings. The quantitative estimate of drug-likeness (QED) is 0.907.